The van der Waals surface area contributed by atoms with Crippen molar-refractivity contribution in [2.24, 2.45) is 29.6 Å². The van der Waals surface area contributed by atoms with E-state index in [2.05, 4.69) is 0 Å². The molecule has 23 heavy (non-hydrogen) atoms. The Morgan fingerprint density at radius 2 is 1.74 bits per heavy atom. The van der Waals surface area contributed by atoms with Crippen molar-refractivity contribution in [2.45, 2.75) is 59.0 Å². The van der Waals surface area contributed by atoms with E-state index in [9.17, 15) is 14.4 Å². The predicted molar refractivity (Wildman–Crippen MR) is 84.2 cm³/mol. The normalized spacial score (nSPS) is 36.9. The van der Waals surface area contributed by atoms with Crippen molar-refractivity contribution in [2.75, 3.05) is 6.54 Å². The van der Waals surface area contributed by atoms with Gasteiger partial charge in [-0.2, -0.15) is 0 Å². The molecule has 5 heteroatoms. The third kappa shape index (κ3) is 2.79. The van der Waals surface area contributed by atoms with E-state index in [1.54, 1.807) is 13.8 Å². The number of nitrogens with zero attached hydrogens (tertiary/aromatic N) is 1. The Morgan fingerprint density at radius 1 is 1.13 bits per heavy atom. The number of rotatable bonds is 4. The topological polar surface area (TPSA) is 63.7 Å². The van der Waals surface area contributed by atoms with Crippen LogP contribution in [0, 0.1) is 29.6 Å². The van der Waals surface area contributed by atoms with Crippen molar-refractivity contribution in [3.8, 4) is 0 Å². The van der Waals surface area contributed by atoms with Gasteiger partial charge in [0.1, 0.15) is 12.1 Å². The van der Waals surface area contributed by atoms with E-state index in [-0.39, 0.29) is 30.2 Å². The number of amides is 2. The van der Waals surface area contributed by atoms with Gasteiger partial charge in [-0.25, -0.2) is 0 Å². The Balaban J connectivity index is 1.61. The summed E-state index contributed by atoms with van der Waals surface area (Å²) < 4.78 is 5.72. The molecule has 3 fully saturated rings. The summed E-state index contributed by atoms with van der Waals surface area (Å²) in [7, 11) is 0. The van der Waals surface area contributed by atoms with Gasteiger partial charge < -0.3 is 4.74 Å². The van der Waals surface area contributed by atoms with Gasteiger partial charge in [0.25, 0.3) is 0 Å². The molecule has 0 aromatic carbocycles. The molecule has 5 atom stereocenters. The minimum atomic E-state index is -0.528. The summed E-state index contributed by atoms with van der Waals surface area (Å²) >= 11 is 0. The summed E-state index contributed by atoms with van der Waals surface area (Å²) in [4.78, 5) is 37.5. The van der Waals surface area contributed by atoms with Gasteiger partial charge in [0.15, 0.2) is 0 Å². The molecule has 3 aliphatic rings. The van der Waals surface area contributed by atoms with Crippen LogP contribution in [0.3, 0.4) is 0 Å². The number of carbonyl (C=O) groups excluding carboxylic acids is 3. The molecule has 3 rings (SSSR count). The number of hydrogen-bond acceptors (Lipinski definition) is 4. The third-order valence-corrected chi connectivity index (χ3v) is 6.36. The zero-order valence-electron chi connectivity index (χ0n) is 14.5. The number of carbonyl (C=O) groups is 3. The maximum Gasteiger partial charge on any atom is 0.326 e. The fourth-order valence-electron chi connectivity index (χ4n) is 4.81. The lowest BCUT2D eigenvalue weighted by Gasteiger charge is -2.37. The van der Waals surface area contributed by atoms with E-state index >= 15 is 0 Å². The fourth-order valence-corrected chi connectivity index (χ4v) is 4.81. The molecule has 0 N–H and O–H groups in total. The average Bonchev–Trinajstić information content (AvgIpc) is 3.15. The van der Waals surface area contributed by atoms with Crippen LogP contribution in [0.4, 0.5) is 0 Å². The largest absolute Gasteiger partial charge is 0.458 e. The maximum absolute atomic E-state index is 12.3. The average molecular weight is 321 g/mol. The van der Waals surface area contributed by atoms with Crippen LogP contribution in [0.25, 0.3) is 0 Å². The zero-order valence-corrected chi connectivity index (χ0v) is 14.5. The molecule has 2 saturated carbocycles. The number of imide groups is 1. The van der Waals surface area contributed by atoms with E-state index < -0.39 is 11.6 Å². The quantitative estimate of drug-likeness (QED) is 0.589. The van der Waals surface area contributed by atoms with Gasteiger partial charge in [0, 0.05) is 17.8 Å². The van der Waals surface area contributed by atoms with Gasteiger partial charge in [0.05, 0.1) is 0 Å². The summed E-state index contributed by atoms with van der Waals surface area (Å²) in [5, 5.41) is 0. The summed E-state index contributed by atoms with van der Waals surface area (Å²) in [6, 6.07) is 0. The van der Waals surface area contributed by atoms with Crippen LogP contribution >= 0.6 is 0 Å². The molecule has 1 aliphatic heterocycles. The van der Waals surface area contributed by atoms with Gasteiger partial charge in [-0.15, -0.1) is 0 Å². The molecule has 0 spiro atoms. The highest BCUT2D eigenvalue weighted by molar-refractivity contribution is 6.06. The lowest BCUT2D eigenvalue weighted by atomic mass is 9.78. The Morgan fingerprint density at radius 3 is 2.22 bits per heavy atom. The van der Waals surface area contributed by atoms with Crippen LogP contribution in [-0.4, -0.2) is 34.8 Å². The minimum Gasteiger partial charge on any atom is -0.458 e. The second kappa shape index (κ2) is 5.60. The first-order valence-electron chi connectivity index (χ1n) is 8.77. The molecule has 2 amide bonds. The highest BCUT2D eigenvalue weighted by Crippen LogP contribution is 2.52. The van der Waals surface area contributed by atoms with Gasteiger partial charge in [0.2, 0.25) is 11.8 Å². The molecule has 2 aliphatic carbocycles. The van der Waals surface area contributed by atoms with Gasteiger partial charge >= 0.3 is 5.97 Å². The second-order valence-corrected chi connectivity index (χ2v) is 8.20. The number of esters is 1. The monoisotopic (exact) mass is 321 g/mol. The van der Waals surface area contributed by atoms with E-state index in [1.165, 1.54) is 19.3 Å². The van der Waals surface area contributed by atoms with Crippen LogP contribution in [0.15, 0.2) is 0 Å². The molecule has 0 radical (unpaired) electrons. The van der Waals surface area contributed by atoms with Crippen LogP contribution in [0.5, 0.6) is 0 Å². The highest BCUT2D eigenvalue weighted by atomic mass is 16.6. The molecule has 128 valence electrons. The zero-order chi connectivity index (χ0) is 16.9. The van der Waals surface area contributed by atoms with Crippen molar-refractivity contribution in [3.63, 3.8) is 0 Å². The van der Waals surface area contributed by atoms with E-state index in [1.807, 2.05) is 13.8 Å². The summed E-state index contributed by atoms with van der Waals surface area (Å²) in [6.07, 6.45) is 4.91. The summed E-state index contributed by atoms with van der Waals surface area (Å²) in [5.41, 5.74) is -0.528. The van der Waals surface area contributed by atoms with E-state index in [4.69, 9.17) is 4.74 Å². The highest BCUT2D eigenvalue weighted by Gasteiger charge is 2.49. The number of likely N-dealkylation sites (tertiary alicyclic amines) is 1. The first-order chi connectivity index (χ1) is 10.7. The molecule has 2 bridgehead atoms. The van der Waals surface area contributed by atoms with E-state index in [0.717, 1.165) is 17.2 Å². The number of fused-ring (bicyclic) bond motifs is 2. The predicted octanol–water partition coefficient (Wildman–Crippen LogP) is 2.39. The number of hydrogen-bond donors (Lipinski definition) is 0. The first-order valence-corrected chi connectivity index (χ1v) is 8.77. The van der Waals surface area contributed by atoms with Crippen LogP contribution in [-0.2, 0) is 19.1 Å². The third-order valence-electron chi connectivity index (χ3n) is 6.36. The lowest BCUT2D eigenvalue weighted by Crippen LogP contribution is -2.43. The Hall–Kier alpha value is -1.39. The fraction of sp³-hybridized carbons (Fsp3) is 0.833. The van der Waals surface area contributed by atoms with Gasteiger partial charge in [-0.05, 0) is 44.9 Å². The lowest BCUT2D eigenvalue weighted by molar-refractivity contribution is -0.168. The molecule has 0 aromatic heterocycles. The Labute approximate surface area is 137 Å². The SMILES string of the molecule is CC1C(=O)N(CC(=O)OC(C)(C)C2CC3CCC2C3)C(=O)C1C. The van der Waals surface area contributed by atoms with Crippen LogP contribution in [0.2, 0.25) is 0 Å². The molecule has 5 nitrogen and oxygen atoms in total. The Kier molecular flexibility index (Phi) is 4.01. The van der Waals surface area contributed by atoms with Gasteiger partial charge in [-0.1, -0.05) is 20.3 Å². The number of ether oxygens (including phenoxy) is 1. The summed E-state index contributed by atoms with van der Waals surface area (Å²) in [5.74, 6) is 0.121. The van der Waals surface area contributed by atoms with Crippen LogP contribution < -0.4 is 0 Å². The Bertz CT molecular complexity index is 521. The summed E-state index contributed by atoms with van der Waals surface area (Å²) in [6.45, 7) is 7.14. The maximum atomic E-state index is 12.3. The smallest absolute Gasteiger partial charge is 0.326 e. The molecule has 0 aromatic rings. The minimum absolute atomic E-state index is 0.253. The van der Waals surface area contributed by atoms with Crippen molar-refractivity contribution in [1.82, 2.24) is 4.90 Å². The molecule has 1 heterocycles. The molecule has 1 saturated heterocycles. The standard InChI is InChI=1S/C18H27NO4/c1-10-11(2)17(22)19(16(10)21)9-15(20)23-18(3,4)14-8-12-5-6-13(14)7-12/h10-14H,5-9H2,1-4H3. The van der Waals surface area contributed by atoms with E-state index in [0.29, 0.717) is 11.8 Å². The molecular formula is C18H27NO4. The van der Waals surface area contributed by atoms with Crippen molar-refractivity contribution >= 4 is 17.8 Å². The van der Waals surface area contributed by atoms with Crippen molar-refractivity contribution < 1.29 is 19.1 Å². The van der Waals surface area contributed by atoms with Crippen molar-refractivity contribution in [3.05, 3.63) is 0 Å². The first kappa shape index (κ1) is 16.5. The molecular weight excluding hydrogens is 294 g/mol. The van der Waals surface area contributed by atoms with Crippen LogP contribution in [0.1, 0.15) is 53.4 Å². The molecule has 5 unspecified atom stereocenters. The van der Waals surface area contributed by atoms with Crippen molar-refractivity contribution in [1.29, 1.82) is 0 Å². The van der Waals surface area contributed by atoms with Gasteiger partial charge in [-0.3, -0.25) is 19.3 Å². The second-order valence-electron chi connectivity index (χ2n) is 8.20.